The molecule has 0 saturated carbocycles. The molecule has 0 spiro atoms. The molecule has 0 aliphatic carbocycles. The highest BCUT2D eigenvalue weighted by Gasteiger charge is 2.27. The molecule has 9 nitrogen and oxygen atoms in total. The van der Waals surface area contributed by atoms with Crippen molar-refractivity contribution in [3.05, 3.63) is 71.3 Å². The number of carbonyl (C=O) groups is 1. The van der Waals surface area contributed by atoms with Gasteiger partial charge in [-0.05, 0) is 42.7 Å². The van der Waals surface area contributed by atoms with Crippen molar-refractivity contribution in [1.82, 2.24) is 30.2 Å². The summed E-state index contributed by atoms with van der Waals surface area (Å²) in [5.74, 6) is 0.797. The van der Waals surface area contributed by atoms with Crippen molar-refractivity contribution < 1.29 is 14.3 Å². The van der Waals surface area contributed by atoms with Crippen LogP contribution in [0, 0.1) is 0 Å². The second kappa shape index (κ2) is 9.68. The molecule has 4 heterocycles. The third-order valence-corrected chi connectivity index (χ3v) is 6.40. The van der Waals surface area contributed by atoms with Gasteiger partial charge in [0.05, 0.1) is 26.0 Å². The van der Waals surface area contributed by atoms with Gasteiger partial charge in [-0.25, -0.2) is 4.68 Å². The maximum absolute atomic E-state index is 12.4. The van der Waals surface area contributed by atoms with Crippen LogP contribution in [0.1, 0.15) is 46.3 Å². The van der Waals surface area contributed by atoms with E-state index in [9.17, 15) is 4.79 Å². The summed E-state index contributed by atoms with van der Waals surface area (Å²) in [6.07, 6.45) is 5.06. The summed E-state index contributed by atoms with van der Waals surface area (Å²) < 4.78 is 13.3. The number of methoxy groups -OCH3 is 1. The molecule has 172 valence electrons. The average molecular weight is 449 g/mol. The molecule has 9 heteroatoms. The fourth-order valence-electron chi connectivity index (χ4n) is 4.42. The van der Waals surface area contributed by atoms with E-state index in [0.717, 1.165) is 55.2 Å². The molecular formula is C24H28N6O3. The van der Waals surface area contributed by atoms with Gasteiger partial charge in [0, 0.05) is 43.6 Å². The molecule has 1 N–H and O–H groups in total. The minimum atomic E-state index is -0.0438. The van der Waals surface area contributed by atoms with Crippen molar-refractivity contribution in [1.29, 1.82) is 0 Å². The number of nitrogens with one attached hydrogen (secondary N) is 1. The van der Waals surface area contributed by atoms with Crippen LogP contribution in [0.25, 0.3) is 0 Å². The van der Waals surface area contributed by atoms with E-state index in [1.807, 2.05) is 28.9 Å². The molecule has 5 rings (SSSR count). The smallest absolute Gasteiger partial charge is 0.251 e. The summed E-state index contributed by atoms with van der Waals surface area (Å²) in [5, 5.41) is 12.0. The average Bonchev–Trinajstić information content (AvgIpc) is 3.27. The van der Waals surface area contributed by atoms with Gasteiger partial charge in [-0.15, -0.1) is 5.10 Å². The molecule has 2 aromatic heterocycles. The van der Waals surface area contributed by atoms with Gasteiger partial charge in [0.15, 0.2) is 0 Å². The number of hydrogen-bond acceptors (Lipinski definition) is 7. The van der Waals surface area contributed by atoms with Crippen LogP contribution in [0.3, 0.4) is 0 Å². The minimum Gasteiger partial charge on any atom is -0.497 e. The number of aromatic nitrogens is 4. The number of benzene rings is 1. The molecule has 2 aliphatic heterocycles. The number of ether oxygens (including phenoxy) is 2. The SMILES string of the molecule is COc1ccc([C@H]2Cn3nnc(CN4CCC(NC(=O)c5ccncc5)CC4)c3CO2)cc1. The Morgan fingerprint density at radius 2 is 1.91 bits per heavy atom. The molecule has 1 amide bonds. The molecule has 33 heavy (non-hydrogen) atoms. The first kappa shape index (κ1) is 21.5. The van der Waals surface area contributed by atoms with Crippen molar-refractivity contribution in [2.24, 2.45) is 0 Å². The largest absolute Gasteiger partial charge is 0.497 e. The number of carbonyl (C=O) groups excluding carboxylic acids is 1. The second-order valence-electron chi connectivity index (χ2n) is 8.50. The van der Waals surface area contributed by atoms with E-state index in [4.69, 9.17) is 9.47 Å². The number of amides is 1. The van der Waals surface area contributed by atoms with Crippen LogP contribution >= 0.6 is 0 Å². The Morgan fingerprint density at radius 3 is 2.64 bits per heavy atom. The van der Waals surface area contributed by atoms with Gasteiger partial charge in [-0.1, -0.05) is 17.3 Å². The fraction of sp³-hybridized carbons (Fsp3) is 0.417. The maximum Gasteiger partial charge on any atom is 0.251 e. The van der Waals surface area contributed by atoms with Crippen molar-refractivity contribution >= 4 is 5.91 Å². The minimum absolute atomic E-state index is 0.0354. The Balaban J connectivity index is 1.14. The molecule has 1 fully saturated rings. The number of likely N-dealkylation sites (tertiary alicyclic amines) is 1. The number of pyridine rings is 1. The number of hydrogen-bond donors (Lipinski definition) is 1. The third kappa shape index (κ3) is 4.89. The number of fused-ring (bicyclic) bond motifs is 1. The first-order valence-electron chi connectivity index (χ1n) is 11.3. The van der Waals surface area contributed by atoms with Gasteiger partial charge >= 0.3 is 0 Å². The van der Waals surface area contributed by atoms with Crippen molar-refractivity contribution in [3.63, 3.8) is 0 Å². The van der Waals surface area contributed by atoms with Crippen LogP contribution in [-0.4, -0.2) is 57.0 Å². The molecule has 2 aliphatic rings. The Bertz CT molecular complexity index is 1080. The van der Waals surface area contributed by atoms with Crippen molar-refractivity contribution in [3.8, 4) is 5.75 Å². The summed E-state index contributed by atoms with van der Waals surface area (Å²) >= 11 is 0. The molecule has 3 aromatic rings. The highest BCUT2D eigenvalue weighted by Crippen LogP contribution is 2.28. The molecule has 0 radical (unpaired) electrons. The highest BCUT2D eigenvalue weighted by atomic mass is 16.5. The number of rotatable bonds is 6. The van der Waals surface area contributed by atoms with Crippen LogP contribution in [0.15, 0.2) is 48.8 Å². The lowest BCUT2D eigenvalue weighted by atomic mass is 10.0. The lowest BCUT2D eigenvalue weighted by molar-refractivity contribution is -0.00218. The number of nitrogens with zero attached hydrogens (tertiary/aromatic N) is 5. The van der Waals surface area contributed by atoms with Gasteiger partial charge in [-0.2, -0.15) is 0 Å². The second-order valence-corrected chi connectivity index (χ2v) is 8.50. The third-order valence-electron chi connectivity index (χ3n) is 6.40. The van der Waals surface area contributed by atoms with Crippen LogP contribution in [0.4, 0.5) is 0 Å². The van der Waals surface area contributed by atoms with Gasteiger partial charge in [-0.3, -0.25) is 14.7 Å². The van der Waals surface area contributed by atoms with Crippen LogP contribution in [0.2, 0.25) is 0 Å². The Morgan fingerprint density at radius 1 is 1.15 bits per heavy atom. The standard InChI is InChI=1S/C24H28N6O3/c1-32-20-4-2-17(3-5-20)23-15-30-22(16-33-23)21(27-28-30)14-29-12-8-19(9-13-29)26-24(31)18-6-10-25-11-7-18/h2-7,10-11,19,23H,8-9,12-16H2,1H3,(H,26,31)/t23-/m1/s1. The summed E-state index contributed by atoms with van der Waals surface area (Å²) in [5.41, 5.74) is 3.78. The topological polar surface area (TPSA) is 94.4 Å². The van der Waals surface area contributed by atoms with Crippen LogP contribution in [-0.2, 0) is 24.4 Å². The van der Waals surface area contributed by atoms with E-state index in [2.05, 4.69) is 25.5 Å². The molecule has 0 bridgehead atoms. The monoisotopic (exact) mass is 448 g/mol. The fourth-order valence-corrected chi connectivity index (χ4v) is 4.42. The molecule has 0 unspecified atom stereocenters. The van der Waals surface area contributed by atoms with Crippen molar-refractivity contribution in [2.75, 3.05) is 20.2 Å². The Hall–Kier alpha value is -3.30. The Kier molecular flexibility index (Phi) is 6.32. The van der Waals surface area contributed by atoms with Gasteiger partial charge in [0.2, 0.25) is 0 Å². The summed E-state index contributed by atoms with van der Waals surface area (Å²) in [7, 11) is 1.66. The normalized spacial score (nSPS) is 19.1. The summed E-state index contributed by atoms with van der Waals surface area (Å²) in [6, 6.07) is 11.6. The summed E-state index contributed by atoms with van der Waals surface area (Å²) in [6.45, 7) is 3.71. The van der Waals surface area contributed by atoms with Crippen molar-refractivity contribution in [2.45, 2.75) is 44.7 Å². The quantitative estimate of drug-likeness (QED) is 0.619. The Labute approximate surface area is 192 Å². The van der Waals surface area contributed by atoms with E-state index in [0.29, 0.717) is 18.7 Å². The molecule has 1 atom stereocenters. The van der Waals surface area contributed by atoms with Gasteiger partial charge < -0.3 is 14.8 Å². The highest BCUT2D eigenvalue weighted by molar-refractivity contribution is 5.94. The summed E-state index contributed by atoms with van der Waals surface area (Å²) in [4.78, 5) is 18.7. The van der Waals surface area contributed by atoms with Crippen LogP contribution < -0.4 is 10.1 Å². The van der Waals surface area contributed by atoms with E-state index >= 15 is 0 Å². The molecule has 1 saturated heterocycles. The zero-order chi connectivity index (χ0) is 22.6. The predicted octanol–water partition coefficient (Wildman–Crippen LogP) is 2.35. The molecular weight excluding hydrogens is 420 g/mol. The van der Waals surface area contributed by atoms with Gasteiger partial charge in [0.25, 0.3) is 5.91 Å². The molecule has 1 aromatic carbocycles. The first-order chi connectivity index (χ1) is 16.2. The zero-order valence-corrected chi connectivity index (χ0v) is 18.7. The van der Waals surface area contributed by atoms with E-state index in [1.165, 1.54) is 0 Å². The van der Waals surface area contributed by atoms with E-state index in [1.54, 1.807) is 31.6 Å². The number of piperidine rings is 1. The lowest BCUT2D eigenvalue weighted by Gasteiger charge is -2.32. The lowest BCUT2D eigenvalue weighted by Crippen LogP contribution is -2.44. The maximum atomic E-state index is 12.4. The predicted molar refractivity (Wildman–Crippen MR) is 121 cm³/mol. The van der Waals surface area contributed by atoms with Gasteiger partial charge in [0.1, 0.15) is 17.5 Å². The first-order valence-corrected chi connectivity index (χ1v) is 11.3. The van der Waals surface area contributed by atoms with Crippen LogP contribution in [0.5, 0.6) is 5.75 Å². The zero-order valence-electron chi connectivity index (χ0n) is 18.7. The van der Waals surface area contributed by atoms with E-state index in [-0.39, 0.29) is 18.1 Å². The van der Waals surface area contributed by atoms with E-state index < -0.39 is 0 Å².